The molecule has 6 heteroatoms. The molecule has 0 fully saturated rings. The first kappa shape index (κ1) is 12.8. The highest BCUT2D eigenvalue weighted by Gasteiger charge is 2.26. The van der Waals surface area contributed by atoms with Gasteiger partial charge in [-0.05, 0) is 17.7 Å². The van der Waals surface area contributed by atoms with E-state index in [9.17, 15) is 9.59 Å². The third kappa shape index (κ3) is 2.66. The number of ether oxygens (including phenoxy) is 2. The Bertz CT molecular complexity index is 429. The van der Waals surface area contributed by atoms with E-state index in [0.29, 0.717) is 11.5 Å². The normalized spacial score (nSPS) is 11.6. The summed E-state index contributed by atoms with van der Waals surface area (Å²) in [7, 11) is 2.88. The maximum atomic E-state index is 11.1. The summed E-state index contributed by atoms with van der Waals surface area (Å²) in [6, 6.07) is 4.40. The van der Waals surface area contributed by atoms with E-state index in [1.807, 2.05) is 0 Å². The van der Waals surface area contributed by atoms with Gasteiger partial charge in [0, 0.05) is 0 Å². The van der Waals surface area contributed by atoms with E-state index >= 15 is 0 Å². The van der Waals surface area contributed by atoms with Crippen LogP contribution in [0, 0.1) is 0 Å². The van der Waals surface area contributed by atoms with Crippen LogP contribution in [-0.4, -0.2) is 31.2 Å². The molecular formula is C11H13NO5. The Labute approximate surface area is 97.9 Å². The average molecular weight is 239 g/mol. The molecule has 0 aliphatic heterocycles. The fourth-order valence-corrected chi connectivity index (χ4v) is 1.46. The highest BCUT2D eigenvalue weighted by atomic mass is 16.5. The van der Waals surface area contributed by atoms with E-state index < -0.39 is 17.8 Å². The van der Waals surface area contributed by atoms with Crippen molar-refractivity contribution in [1.82, 2.24) is 0 Å². The summed E-state index contributed by atoms with van der Waals surface area (Å²) in [5.74, 6) is -2.83. The van der Waals surface area contributed by atoms with Crippen LogP contribution in [0.15, 0.2) is 18.2 Å². The van der Waals surface area contributed by atoms with E-state index in [4.69, 9.17) is 20.3 Å². The molecule has 1 amide bonds. The summed E-state index contributed by atoms with van der Waals surface area (Å²) in [5, 5.41) is 8.91. The van der Waals surface area contributed by atoms with Gasteiger partial charge in [-0.3, -0.25) is 9.59 Å². The summed E-state index contributed by atoms with van der Waals surface area (Å²) >= 11 is 0. The first-order valence-corrected chi connectivity index (χ1v) is 4.75. The van der Waals surface area contributed by atoms with Crippen molar-refractivity contribution < 1.29 is 24.2 Å². The van der Waals surface area contributed by atoms with Crippen molar-refractivity contribution in [1.29, 1.82) is 0 Å². The molecule has 0 saturated heterocycles. The van der Waals surface area contributed by atoms with Gasteiger partial charge in [0.2, 0.25) is 5.91 Å². The number of aliphatic carboxylic acids is 1. The standard InChI is InChI=1S/C11H13NO5/c1-16-7-4-3-6(5-8(7)17-2)9(10(12)13)11(14)15/h3-5,9H,1-2H3,(H2,12,13)(H,14,15). The van der Waals surface area contributed by atoms with Gasteiger partial charge < -0.3 is 20.3 Å². The van der Waals surface area contributed by atoms with Crippen LogP contribution in [0.2, 0.25) is 0 Å². The van der Waals surface area contributed by atoms with E-state index in [2.05, 4.69) is 0 Å². The minimum atomic E-state index is -1.39. The van der Waals surface area contributed by atoms with Gasteiger partial charge >= 0.3 is 5.97 Å². The number of carbonyl (C=O) groups is 2. The molecule has 3 N–H and O–H groups in total. The summed E-state index contributed by atoms with van der Waals surface area (Å²) in [4.78, 5) is 22.0. The van der Waals surface area contributed by atoms with Crippen LogP contribution in [0.25, 0.3) is 0 Å². The lowest BCUT2D eigenvalue weighted by molar-refractivity contribution is -0.142. The number of methoxy groups -OCH3 is 2. The molecule has 0 aliphatic rings. The number of nitrogens with two attached hydrogens (primary N) is 1. The van der Waals surface area contributed by atoms with Gasteiger partial charge in [-0.2, -0.15) is 0 Å². The minimum Gasteiger partial charge on any atom is -0.493 e. The largest absolute Gasteiger partial charge is 0.493 e. The number of hydrogen-bond donors (Lipinski definition) is 2. The number of primary amides is 1. The van der Waals surface area contributed by atoms with E-state index in [-0.39, 0.29) is 5.56 Å². The zero-order valence-corrected chi connectivity index (χ0v) is 9.47. The van der Waals surface area contributed by atoms with Crippen molar-refractivity contribution in [3.05, 3.63) is 23.8 Å². The first-order chi connectivity index (χ1) is 8.01. The van der Waals surface area contributed by atoms with Gasteiger partial charge in [0.1, 0.15) is 0 Å². The summed E-state index contributed by atoms with van der Waals surface area (Å²) in [6.45, 7) is 0. The molecule has 1 rings (SSSR count). The average Bonchev–Trinajstić information content (AvgIpc) is 2.27. The fraction of sp³-hybridized carbons (Fsp3) is 0.273. The summed E-state index contributed by atoms with van der Waals surface area (Å²) in [5.41, 5.74) is 5.29. The number of carboxylic acids is 1. The van der Waals surface area contributed by atoms with Crippen LogP contribution in [0.5, 0.6) is 11.5 Å². The number of amides is 1. The van der Waals surface area contributed by atoms with Gasteiger partial charge in [-0.25, -0.2) is 0 Å². The molecule has 0 aromatic heterocycles. The van der Waals surface area contributed by atoms with Crippen molar-refractivity contribution in [2.24, 2.45) is 5.73 Å². The highest BCUT2D eigenvalue weighted by molar-refractivity contribution is 6.01. The Morgan fingerprint density at radius 2 is 1.82 bits per heavy atom. The smallest absolute Gasteiger partial charge is 0.320 e. The molecule has 1 unspecified atom stereocenters. The molecule has 1 aromatic rings. The van der Waals surface area contributed by atoms with Crippen molar-refractivity contribution in [2.45, 2.75) is 5.92 Å². The number of hydrogen-bond acceptors (Lipinski definition) is 4. The Morgan fingerprint density at radius 1 is 1.24 bits per heavy atom. The quantitative estimate of drug-likeness (QED) is 0.722. The van der Waals surface area contributed by atoms with Crippen LogP contribution in [0.4, 0.5) is 0 Å². The van der Waals surface area contributed by atoms with E-state index in [0.717, 1.165) is 0 Å². The van der Waals surface area contributed by atoms with Crippen LogP contribution < -0.4 is 15.2 Å². The Balaban J connectivity index is 3.22. The summed E-state index contributed by atoms with van der Waals surface area (Å²) < 4.78 is 10.0. The van der Waals surface area contributed by atoms with Crippen molar-refractivity contribution in [2.75, 3.05) is 14.2 Å². The fourth-order valence-electron chi connectivity index (χ4n) is 1.46. The molecule has 6 nitrogen and oxygen atoms in total. The van der Waals surface area contributed by atoms with Crippen LogP contribution in [0.1, 0.15) is 11.5 Å². The zero-order chi connectivity index (χ0) is 13.0. The highest BCUT2D eigenvalue weighted by Crippen LogP contribution is 2.30. The Morgan fingerprint density at radius 3 is 2.24 bits per heavy atom. The number of carbonyl (C=O) groups excluding carboxylic acids is 1. The van der Waals surface area contributed by atoms with Crippen LogP contribution in [0.3, 0.4) is 0 Å². The predicted octanol–water partition coefficient (Wildman–Crippen LogP) is 0.357. The zero-order valence-electron chi connectivity index (χ0n) is 9.47. The lowest BCUT2D eigenvalue weighted by Gasteiger charge is -2.12. The molecule has 0 saturated carbocycles. The van der Waals surface area contributed by atoms with Crippen LogP contribution in [-0.2, 0) is 9.59 Å². The third-order valence-electron chi connectivity index (χ3n) is 2.27. The first-order valence-electron chi connectivity index (χ1n) is 4.75. The lowest BCUT2D eigenvalue weighted by Crippen LogP contribution is -2.28. The number of rotatable bonds is 5. The molecule has 0 aliphatic carbocycles. The van der Waals surface area contributed by atoms with Crippen molar-refractivity contribution in [3.63, 3.8) is 0 Å². The molecule has 0 bridgehead atoms. The topological polar surface area (TPSA) is 98.9 Å². The second-order valence-corrected chi connectivity index (χ2v) is 3.29. The van der Waals surface area contributed by atoms with E-state index in [1.54, 1.807) is 0 Å². The van der Waals surface area contributed by atoms with Gasteiger partial charge in [0.05, 0.1) is 14.2 Å². The third-order valence-corrected chi connectivity index (χ3v) is 2.27. The predicted molar refractivity (Wildman–Crippen MR) is 59.1 cm³/mol. The number of carboxylic acid groups (broad SMARTS) is 1. The monoisotopic (exact) mass is 239 g/mol. The maximum Gasteiger partial charge on any atom is 0.320 e. The van der Waals surface area contributed by atoms with Gasteiger partial charge in [0.15, 0.2) is 17.4 Å². The molecule has 17 heavy (non-hydrogen) atoms. The molecule has 0 spiro atoms. The van der Waals surface area contributed by atoms with E-state index in [1.165, 1.54) is 32.4 Å². The molecular weight excluding hydrogens is 226 g/mol. The molecule has 1 atom stereocenters. The molecule has 0 heterocycles. The molecule has 1 aromatic carbocycles. The number of benzene rings is 1. The minimum absolute atomic E-state index is 0.252. The van der Waals surface area contributed by atoms with Gasteiger partial charge in [-0.1, -0.05) is 6.07 Å². The maximum absolute atomic E-state index is 11.1. The summed E-state index contributed by atoms with van der Waals surface area (Å²) in [6.07, 6.45) is 0. The van der Waals surface area contributed by atoms with Gasteiger partial charge in [0.25, 0.3) is 0 Å². The molecule has 0 radical (unpaired) electrons. The van der Waals surface area contributed by atoms with Crippen molar-refractivity contribution in [3.8, 4) is 11.5 Å². The second kappa shape index (κ2) is 5.20. The molecule has 92 valence electrons. The van der Waals surface area contributed by atoms with Gasteiger partial charge in [-0.15, -0.1) is 0 Å². The Kier molecular flexibility index (Phi) is 3.92. The SMILES string of the molecule is COc1ccc(C(C(N)=O)C(=O)O)cc1OC. The Hall–Kier alpha value is -2.24. The lowest BCUT2D eigenvalue weighted by atomic mass is 9.98. The van der Waals surface area contributed by atoms with Crippen LogP contribution >= 0.6 is 0 Å². The second-order valence-electron chi connectivity index (χ2n) is 3.29. The van der Waals surface area contributed by atoms with Crippen molar-refractivity contribution >= 4 is 11.9 Å².